The zero-order valence-electron chi connectivity index (χ0n) is 7.59. The molecule has 0 aromatic heterocycles. The van der Waals surface area contributed by atoms with Crippen LogP contribution in [0, 0.1) is 5.92 Å². The second-order valence-electron chi connectivity index (χ2n) is 2.65. The van der Waals surface area contributed by atoms with Crippen LogP contribution in [0.1, 0.15) is 27.7 Å². The Morgan fingerprint density at radius 3 is 2.36 bits per heavy atom. The lowest BCUT2D eigenvalue weighted by molar-refractivity contribution is 0.299. The molecule has 0 aromatic rings. The van der Waals surface area contributed by atoms with Crippen LogP contribution in [0.25, 0.3) is 0 Å². The number of nitrogens with two attached hydrogens (primary N) is 1. The minimum Gasteiger partial charge on any atom is -0.396 e. The molecule has 11 heavy (non-hydrogen) atoms. The average Bonchev–Trinajstić information content (AvgIpc) is 1.99. The number of hydrogen-bond donors (Lipinski definition) is 1. The largest absolute Gasteiger partial charge is 0.396 e. The highest BCUT2D eigenvalue weighted by Crippen LogP contribution is 2.02. The molecule has 0 aliphatic rings. The summed E-state index contributed by atoms with van der Waals surface area (Å²) in [5.74, 6) is 5.82. The minimum atomic E-state index is 0.231. The van der Waals surface area contributed by atoms with Gasteiger partial charge in [0.1, 0.15) is 0 Å². The Kier molecular flexibility index (Phi) is 4.54. The number of allylic oxidation sites excluding steroid dienone is 2. The second-order valence-corrected chi connectivity index (χ2v) is 2.65. The highest BCUT2D eigenvalue weighted by Gasteiger charge is 2.04. The van der Waals surface area contributed by atoms with E-state index in [1.807, 2.05) is 33.8 Å². The van der Waals surface area contributed by atoms with Crippen molar-refractivity contribution in [2.24, 2.45) is 16.8 Å². The standard InChI is InChI=1S/C8H16N2O/c1-5-7(4)10-8(11-9)6(2)3/h5-6H,9H2,1-4H3/b7-5-,10-8?. The normalized spacial score (nSPS) is 14.0. The van der Waals surface area contributed by atoms with Gasteiger partial charge in [0.2, 0.25) is 5.90 Å². The van der Waals surface area contributed by atoms with E-state index in [4.69, 9.17) is 5.90 Å². The van der Waals surface area contributed by atoms with Gasteiger partial charge in [-0.25, -0.2) is 4.99 Å². The van der Waals surface area contributed by atoms with E-state index in [1.165, 1.54) is 0 Å². The molecule has 0 unspecified atom stereocenters. The van der Waals surface area contributed by atoms with Crippen molar-refractivity contribution in [3.8, 4) is 0 Å². The third kappa shape index (κ3) is 3.78. The van der Waals surface area contributed by atoms with Gasteiger partial charge in [0.15, 0.2) is 0 Å². The van der Waals surface area contributed by atoms with E-state index in [1.54, 1.807) is 0 Å². The molecule has 0 saturated heterocycles. The Labute approximate surface area is 67.9 Å². The first kappa shape index (κ1) is 10.2. The second kappa shape index (κ2) is 4.91. The Morgan fingerprint density at radius 1 is 1.55 bits per heavy atom. The van der Waals surface area contributed by atoms with E-state index in [2.05, 4.69) is 9.83 Å². The summed E-state index contributed by atoms with van der Waals surface area (Å²) in [4.78, 5) is 8.74. The van der Waals surface area contributed by atoms with Gasteiger partial charge < -0.3 is 4.84 Å². The van der Waals surface area contributed by atoms with Gasteiger partial charge in [0.05, 0.1) is 0 Å². The van der Waals surface area contributed by atoms with Crippen LogP contribution in [-0.4, -0.2) is 5.90 Å². The number of hydrogen-bond acceptors (Lipinski definition) is 3. The SMILES string of the molecule is C/C=C(/C)N=C(ON)C(C)C. The van der Waals surface area contributed by atoms with Crippen LogP contribution in [0.4, 0.5) is 0 Å². The summed E-state index contributed by atoms with van der Waals surface area (Å²) in [7, 11) is 0. The van der Waals surface area contributed by atoms with Gasteiger partial charge in [0, 0.05) is 11.6 Å². The fraction of sp³-hybridized carbons (Fsp3) is 0.625. The molecule has 0 saturated carbocycles. The molecule has 0 aliphatic carbocycles. The fourth-order valence-corrected chi connectivity index (χ4v) is 0.530. The fourth-order valence-electron chi connectivity index (χ4n) is 0.530. The zero-order chi connectivity index (χ0) is 8.85. The molecule has 0 spiro atoms. The summed E-state index contributed by atoms with van der Waals surface area (Å²) < 4.78 is 0. The number of aliphatic imine (C=N–C) groups is 1. The smallest absolute Gasteiger partial charge is 0.216 e. The van der Waals surface area contributed by atoms with E-state index in [-0.39, 0.29) is 5.92 Å². The molecule has 0 radical (unpaired) electrons. The summed E-state index contributed by atoms with van der Waals surface area (Å²) in [6, 6.07) is 0. The number of rotatable bonds is 2. The van der Waals surface area contributed by atoms with Crippen LogP contribution in [0.2, 0.25) is 0 Å². The van der Waals surface area contributed by atoms with E-state index >= 15 is 0 Å². The summed E-state index contributed by atoms with van der Waals surface area (Å²) in [5, 5.41) is 0. The lowest BCUT2D eigenvalue weighted by Crippen LogP contribution is -2.16. The number of nitrogens with zero attached hydrogens (tertiary/aromatic N) is 1. The van der Waals surface area contributed by atoms with E-state index in [0.29, 0.717) is 5.90 Å². The minimum absolute atomic E-state index is 0.231. The molecule has 0 rings (SSSR count). The third-order valence-corrected chi connectivity index (χ3v) is 1.32. The van der Waals surface area contributed by atoms with Gasteiger partial charge in [-0.15, -0.1) is 0 Å². The highest BCUT2D eigenvalue weighted by molar-refractivity contribution is 5.78. The Bertz CT molecular complexity index is 171. The monoisotopic (exact) mass is 156 g/mol. The molecule has 0 aromatic carbocycles. The predicted molar refractivity (Wildman–Crippen MR) is 47.0 cm³/mol. The molecule has 64 valence electrons. The first-order valence-electron chi connectivity index (χ1n) is 3.70. The summed E-state index contributed by atoms with van der Waals surface area (Å²) in [5.41, 5.74) is 0.916. The topological polar surface area (TPSA) is 47.6 Å². The summed E-state index contributed by atoms with van der Waals surface area (Å²) >= 11 is 0. The van der Waals surface area contributed by atoms with Crippen LogP contribution in [-0.2, 0) is 4.84 Å². The molecular formula is C8H16N2O. The molecule has 0 bridgehead atoms. The van der Waals surface area contributed by atoms with Crippen molar-refractivity contribution in [2.75, 3.05) is 0 Å². The van der Waals surface area contributed by atoms with Gasteiger partial charge in [0.25, 0.3) is 0 Å². The lowest BCUT2D eigenvalue weighted by Gasteiger charge is -2.06. The van der Waals surface area contributed by atoms with Crippen LogP contribution < -0.4 is 5.90 Å². The highest BCUT2D eigenvalue weighted by atomic mass is 16.6. The molecular weight excluding hydrogens is 140 g/mol. The van der Waals surface area contributed by atoms with Crippen molar-refractivity contribution >= 4 is 5.90 Å². The van der Waals surface area contributed by atoms with Crippen molar-refractivity contribution in [2.45, 2.75) is 27.7 Å². The Balaban J connectivity index is 4.35. The molecule has 0 aliphatic heterocycles. The van der Waals surface area contributed by atoms with Gasteiger partial charge in [-0.05, 0) is 13.8 Å². The van der Waals surface area contributed by atoms with E-state index in [0.717, 1.165) is 5.70 Å². The Morgan fingerprint density at radius 2 is 2.09 bits per heavy atom. The maximum absolute atomic E-state index is 5.02. The molecule has 0 amide bonds. The van der Waals surface area contributed by atoms with Crippen LogP contribution in [0.5, 0.6) is 0 Å². The molecule has 2 N–H and O–H groups in total. The molecule has 3 heteroatoms. The van der Waals surface area contributed by atoms with Gasteiger partial charge in [-0.1, -0.05) is 19.9 Å². The molecule has 3 nitrogen and oxygen atoms in total. The van der Waals surface area contributed by atoms with Crippen LogP contribution in [0.15, 0.2) is 16.8 Å². The maximum Gasteiger partial charge on any atom is 0.216 e. The van der Waals surface area contributed by atoms with Gasteiger partial charge in [-0.3, -0.25) is 0 Å². The lowest BCUT2D eigenvalue weighted by atomic mass is 10.2. The van der Waals surface area contributed by atoms with Crippen molar-refractivity contribution in [1.29, 1.82) is 0 Å². The van der Waals surface area contributed by atoms with Crippen LogP contribution >= 0.6 is 0 Å². The molecule has 0 fully saturated rings. The van der Waals surface area contributed by atoms with Crippen molar-refractivity contribution in [3.63, 3.8) is 0 Å². The predicted octanol–water partition coefficient (Wildman–Crippen LogP) is 1.85. The average molecular weight is 156 g/mol. The molecule has 0 atom stereocenters. The van der Waals surface area contributed by atoms with Crippen molar-refractivity contribution < 1.29 is 4.84 Å². The summed E-state index contributed by atoms with van der Waals surface area (Å²) in [6.45, 7) is 7.79. The maximum atomic E-state index is 5.02. The van der Waals surface area contributed by atoms with Crippen molar-refractivity contribution in [3.05, 3.63) is 11.8 Å². The van der Waals surface area contributed by atoms with Gasteiger partial charge >= 0.3 is 0 Å². The third-order valence-electron chi connectivity index (χ3n) is 1.32. The summed E-state index contributed by atoms with van der Waals surface area (Å²) in [6.07, 6.45) is 1.90. The van der Waals surface area contributed by atoms with E-state index in [9.17, 15) is 0 Å². The van der Waals surface area contributed by atoms with Crippen LogP contribution in [0.3, 0.4) is 0 Å². The zero-order valence-corrected chi connectivity index (χ0v) is 7.59. The van der Waals surface area contributed by atoms with E-state index < -0.39 is 0 Å². The molecule has 0 heterocycles. The first-order valence-corrected chi connectivity index (χ1v) is 3.70. The quantitative estimate of drug-likeness (QED) is 0.377. The first-order chi connectivity index (χ1) is 5.11. The van der Waals surface area contributed by atoms with Gasteiger partial charge in [-0.2, -0.15) is 5.90 Å². The Hall–Kier alpha value is -0.830. The van der Waals surface area contributed by atoms with Crippen molar-refractivity contribution in [1.82, 2.24) is 0 Å².